The third-order valence-electron chi connectivity index (χ3n) is 4.71. The van der Waals surface area contributed by atoms with Crippen LogP contribution in [0.2, 0.25) is 0 Å². The quantitative estimate of drug-likeness (QED) is 0.373. The first kappa shape index (κ1) is 24.7. The third-order valence-corrected chi connectivity index (χ3v) is 5.28. The summed E-state index contributed by atoms with van der Waals surface area (Å²) in [6, 6.07) is 0. The standard InChI is InChI=1S/C16H33N.CHF3O3S/c1-3-5-6-7-8-9-10-13-17-14-11-12-16(4-2)15-17;2-1(3,4)8(5,6)7/h16H,3-15H2,1-2H3;(H,5,6,7). The number of quaternary nitrogens is 1. The SMILES string of the molecule is CCCCCCCCC[NH+]1CCCC(CC)C1.O=S(=O)([O-])C(F)(F)F. The van der Waals surface area contributed by atoms with Crippen molar-refractivity contribution >= 4 is 10.1 Å². The molecule has 1 fully saturated rings. The van der Waals surface area contributed by atoms with E-state index in [-0.39, 0.29) is 0 Å². The Hall–Kier alpha value is -0.340. The van der Waals surface area contributed by atoms with Gasteiger partial charge in [-0.15, -0.1) is 0 Å². The molecule has 2 atom stereocenters. The van der Waals surface area contributed by atoms with Crippen LogP contribution in [-0.2, 0) is 10.1 Å². The fraction of sp³-hybridized carbons (Fsp3) is 1.00. The number of likely N-dealkylation sites (tertiary alicyclic amines) is 1. The Balaban J connectivity index is 0.000000609. The Morgan fingerprint density at radius 3 is 2.04 bits per heavy atom. The molecular weight excluding hydrogens is 355 g/mol. The molecule has 0 saturated carbocycles. The van der Waals surface area contributed by atoms with Crippen LogP contribution in [-0.4, -0.2) is 38.1 Å². The summed E-state index contributed by atoms with van der Waals surface area (Å²) >= 11 is 0. The summed E-state index contributed by atoms with van der Waals surface area (Å²) in [6.45, 7) is 9.02. The number of hydrogen-bond donors (Lipinski definition) is 1. The summed E-state index contributed by atoms with van der Waals surface area (Å²) < 4.78 is 58.9. The highest BCUT2D eigenvalue weighted by Crippen LogP contribution is 2.20. The van der Waals surface area contributed by atoms with E-state index >= 15 is 0 Å². The second-order valence-corrected chi connectivity index (χ2v) is 8.26. The maximum absolute atomic E-state index is 10.7. The maximum Gasteiger partial charge on any atom is 0.485 e. The lowest BCUT2D eigenvalue weighted by molar-refractivity contribution is -0.909. The van der Waals surface area contributed by atoms with Gasteiger partial charge in [-0.05, 0) is 32.1 Å². The minimum atomic E-state index is -6.09. The summed E-state index contributed by atoms with van der Waals surface area (Å²) in [7, 11) is -6.09. The molecule has 152 valence electrons. The predicted octanol–water partition coefficient (Wildman–Crippen LogP) is 3.49. The molecule has 0 bridgehead atoms. The smallest absolute Gasteiger partial charge is 0.485 e. The van der Waals surface area contributed by atoms with Gasteiger partial charge >= 0.3 is 5.51 Å². The summed E-state index contributed by atoms with van der Waals surface area (Å²) in [5.41, 5.74) is -5.65. The monoisotopic (exact) mass is 389 g/mol. The Bertz CT molecular complexity index is 427. The van der Waals surface area contributed by atoms with Crippen LogP contribution in [0.1, 0.15) is 78.1 Å². The van der Waals surface area contributed by atoms with Gasteiger partial charge in [0.1, 0.15) is 0 Å². The maximum atomic E-state index is 10.7. The van der Waals surface area contributed by atoms with Crippen LogP contribution >= 0.6 is 0 Å². The fourth-order valence-corrected chi connectivity index (χ4v) is 3.16. The Morgan fingerprint density at radius 2 is 1.56 bits per heavy atom. The van der Waals surface area contributed by atoms with Crippen molar-refractivity contribution in [1.82, 2.24) is 0 Å². The average molecular weight is 390 g/mol. The molecule has 0 aromatic carbocycles. The van der Waals surface area contributed by atoms with E-state index in [1.807, 2.05) is 4.90 Å². The molecule has 8 heteroatoms. The van der Waals surface area contributed by atoms with Gasteiger partial charge in [-0.2, -0.15) is 13.2 Å². The van der Waals surface area contributed by atoms with Crippen molar-refractivity contribution in [2.45, 2.75) is 83.6 Å². The number of alkyl halides is 3. The molecule has 0 aliphatic carbocycles. The lowest BCUT2D eigenvalue weighted by Gasteiger charge is -2.29. The van der Waals surface area contributed by atoms with Crippen molar-refractivity contribution < 1.29 is 31.0 Å². The van der Waals surface area contributed by atoms with E-state index in [4.69, 9.17) is 13.0 Å². The highest BCUT2D eigenvalue weighted by atomic mass is 32.2. The Labute approximate surface area is 150 Å². The molecule has 4 nitrogen and oxygen atoms in total. The molecule has 1 saturated heterocycles. The van der Waals surface area contributed by atoms with Crippen LogP contribution in [0.5, 0.6) is 0 Å². The number of hydrogen-bond acceptors (Lipinski definition) is 3. The summed E-state index contributed by atoms with van der Waals surface area (Å²) in [6.07, 6.45) is 14.5. The summed E-state index contributed by atoms with van der Waals surface area (Å²) in [5.74, 6) is 1.03. The van der Waals surface area contributed by atoms with E-state index in [0.29, 0.717) is 0 Å². The number of rotatable bonds is 9. The first-order valence-corrected chi connectivity index (χ1v) is 10.9. The van der Waals surface area contributed by atoms with Gasteiger partial charge in [-0.3, -0.25) is 0 Å². The van der Waals surface area contributed by atoms with Crippen molar-refractivity contribution in [3.8, 4) is 0 Å². The molecule has 2 unspecified atom stereocenters. The van der Waals surface area contributed by atoms with Crippen molar-refractivity contribution in [2.24, 2.45) is 5.92 Å². The lowest BCUT2D eigenvalue weighted by atomic mass is 9.95. The molecule has 1 N–H and O–H groups in total. The van der Waals surface area contributed by atoms with Crippen molar-refractivity contribution in [2.75, 3.05) is 19.6 Å². The molecule has 1 heterocycles. The fourth-order valence-electron chi connectivity index (χ4n) is 3.16. The van der Waals surface area contributed by atoms with E-state index in [9.17, 15) is 13.2 Å². The normalized spacial score (nSPS) is 21.5. The van der Waals surface area contributed by atoms with Gasteiger partial charge < -0.3 is 9.45 Å². The van der Waals surface area contributed by atoms with Gasteiger partial charge in [0.05, 0.1) is 19.6 Å². The molecule has 0 aromatic rings. The highest BCUT2D eigenvalue weighted by Gasteiger charge is 2.36. The summed E-state index contributed by atoms with van der Waals surface area (Å²) in [5, 5.41) is 0. The predicted molar refractivity (Wildman–Crippen MR) is 92.3 cm³/mol. The topological polar surface area (TPSA) is 61.6 Å². The highest BCUT2D eigenvalue weighted by molar-refractivity contribution is 7.86. The van der Waals surface area contributed by atoms with Gasteiger partial charge in [0.25, 0.3) is 0 Å². The van der Waals surface area contributed by atoms with Crippen LogP contribution in [0, 0.1) is 5.92 Å². The Kier molecular flexibility index (Phi) is 12.7. The lowest BCUT2D eigenvalue weighted by Crippen LogP contribution is -3.13. The molecule has 1 aliphatic rings. The zero-order valence-electron chi connectivity index (χ0n) is 15.5. The van der Waals surface area contributed by atoms with E-state index in [1.54, 1.807) is 0 Å². The van der Waals surface area contributed by atoms with Gasteiger partial charge in [-0.25, -0.2) is 8.42 Å². The largest absolute Gasteiger partial charge is 0.741 e. The molecule has 1 aliphatic heterocycles. The van der Waals surface area contributed by atoms with Crippen LogP contribution in [0.15, 0.2) is 0 Å². The van der Waals surface area contributed by atoms with Gasteiger partial charge in [0.15, 0.2) is 10.1 Å². The van der Waals surface area contributed by atoms with Gasteiger partial charge in [-0.1, -0.05) is 46.0 Å². The second kappa shape index (κ2) is 12.9. The molecular formula is C17H34F3NO3S. The van der Waals surface area contributed by atoms with E-state index in [1.165, 1.54) is 83.8 Å². The van der Waals surface area contributed by atoms with Crippen molar-refractivity contribution in [3.05, 3.63) is 0 Å². The Morgan fingerprint density at radius 1 is 1.04 bits per heavy atom. The number of nitrogens with one attached hydrogen (secondary N) is 1. The molecule has 25 heavy (non-hydrogen) atoms. The van der Waals surface area contributed by atoms with E-state index in [0.717, 1.165) is 5.92 Å². The number of piperidine rings is 1. The van der Waals surface area contributed by atoms with Crippen LogP contribution in [0.4, 0.5) is 13.2 Å². The number of unbranched alkanes of at least 4 members (excludes halogenated alkanes) is 6. The van der Waals surface area contributed by atoms with Gasteiger partial charge in [0.2, 0.25) is 0 Å². The first-order valence-electron chi connectivity index (χ1n) is 9.47. The zero-order valence-corrected chi connectivity index (χ0v) is 16.4. The first-order chi connectivity index (χ1) is 11.6. The molecule has 0 amide bonds. The number of halogens is 3. The third kappa shape index (κ3) is 12.6. The molecule has 0 spiro atoms. The average Bonchev–Trinajstić information content (AvgIpc) is 2.53. The second-order valence-electron chi connectivity index (χ2n) is 6.89. The van der Waals surface area contributed by atoms with Crippen LogP contribution in [0.3, 0.4) is 0 Å². The minimum Gasteiger partial charge on any atom is -0.741 e. The van der Waals surface area contributed by atoms with Crippen molar-refractivity contribution in [1.29, 1.82) is 0 Å². The molecule has 1 rings (SSSR count). The van der Waals surface area contributed by atoms with Crippen LogP contribution in [0.25, 0.3) is 0 Å². The minimum absolute atomic E-state index is 1.03. The molecule has 0 radical (unpaired) electrons. The van der Waals surface area contributed by atoms with Gasteiger partial charge in [0, 0.05) is 5.92 Å². The van der Waals surface area contributed by atoms with E-state index in [2.05, 4.69) is 13.8 Å². The van der Waals surface area contributed by atoms with Crippen molar-refractivity contribution in [3.63, 3.8) is 0 Å². The summed E-state index contributed by atoms with van der Waals surface area (Å²) in [4.78, 5) is 1.90. The zero-order chi connectivity index (χ0) is 19.3. The van der Waals surface area contributed by atoms with E-state index < -0.39 is 15.6 Å². The van der Waals surface area contributed by atoms with Crippen LogP contribution < -0.4 is 4.90 Å². The molecule has 0 aromatic heterocycles.